The molecule has 0 N–H and O–H groups in total. The summed E-state index contributed by atoms with van der Waals surface area (Å²) in [5.74, 6) is 0. The van der Waals surface area contributed by atoms with E-state index < -0.39 is 11.4 Å². The number of alkyl halides is 3. The molecule has 0 aliphatic rings. The zero-order valence-electron chi connectivity index (χ0n) is 4.90. The quantitative estimate of drug-likeness (QED) is 0.592. The van der Waals surface area contributed by atoms with Gasteiger partial charge in [-0.3, -0.25) is 0 Å². The summed E-state index contributed by atoms with van der Waals surface area (Å²) < 4.78 is 34.7. The molecule has 0 radical (unpaired) electrons. The molecule has 0 aromatic carbocycles. The highest BCUT2D eigenvalue weighted by atomic mass is 32.2. The van der Waals surface area contributed by atoms with Crippen LogP contribution in [-0.2, 0) is 0 Å². The summed E-state index contributed by atoms with van der Waals surface area (Å²) in [5, 5.41) is -0.145. The molecule has 4 heteroatoms. The molecule has 0 amide bonds. The van der Waals surface area contributed by atoms with Crippen LogP contribution < -0.4 is 0 Å². The zero-order valence-corrected chi connectivity index (χ0v) is 5.72. The van der Waals surface area contributed by atoms with Gasteiger partial charge in [-0.15, -0.1) is 11.8 Å². The van der Waals surface area contributed by atoms with Crippen molar-refractivity contribution in [3.63, 3.8) is 0 Å². The third-order valence-corrected chi connectivity index (χ3v) is 1.63. The first-order valence-corrected chi connectivity index (χ1v) is 3.26. The molecule has 0 fully saturated rings. The van der Waals surface area contributed by atoms with Crippen LogP contribution in [0.1, 0.15) is 6.92 Å². The lowest BCUT2D eigenvalue weighted by Gasteiger charge is -2.11. The fourth-order valence-electron chi connectivity index (χ4n) is 0.221. The van der Waals surface area contributed by atoms with E-state index in [1.807, 2.05) is 0 Å². The molecule has 0 nitrogen and oxygen atoms in total. The van der Waals surface area contributed by atoms with Crippen LogP contribution >= 0.6 is 11.8 Å². The Kier molecular flexibility index (Phi) is 3.11. The maximum absolute atomic E-state index is 11.6. The predicted molar refractivity (Wildman–Crippen MR) is 33.3 cm³/mol. The van der Waals surface area contributed by atoms with E-state index in [1.54, 1.807) is 0 Å². The van der Waals surface area contributed by atoms with Gasteiger partial charge in [0.25, 0.3) is 0 Å². The van der Waals surface area contributed by atoms with Crippen molar-refractivity contribution in [2.24, 2.45) is 0 Å². The molecule has 0 aliphatic heterocycles. The normalized spacial score (nSPS) is 15.1. The Morgan fingerprint density at radius 2 is 2.00 bits per heavy atom. The van der Waals surface area contributed by atoms with E-state index in [0.29, 0.717) is 11.8 Å². The Labute approximate surface area is 56.1 Å². The smallest absolute Gasteiger partial charge is 0.170 e. The largest absolute Gasteiger partial charge is 0.400 e. The minimum Gasteiger partial charge on any atom is -0.170 e. The highest BCUT2D eigenvalue weighted by Gasteiger charge is 2.35. The van der Waals surface area contributed by atoms with Crippen molar-refractivity contribution in [2.75, 3.05) is 0 Å². The van der Waals surface area contributed by atoms with Crippen LogP contribution in [0.15, 0.2) is 12.0 Å². The molecule has 0 aliphatic carbocycles. The average Bonchev–Trinajstić information content (AvgIpc) is 1.64. The lowest BCUT2D eigenvalue weighted by Crippen LogP contribution is -2.21. The maximum Gasteiger partial charge on any atom is 0.400 e. The van der Waals surface area contributed by atoms with Crippen molar-refractivity contribution in [3.8, 4) is 0 Å². The minimum atomic E-state index is -4.10. The number of hydrogen-bond acceptors (Lipinski definition) is 1. The summed E-state index contributed by atoms with van der Waals surface area (Å²) in [4.78, 5) is 0. The molecule has 54 valence electrons. The van der Waals surface area contributed by atoms with Gasteiger partial charge < -0.3 is 0 Å². The van der Waals surface area contributed by atoms with E-state index >= 15 is 0 Å². The van der Waals surface area contributed by atoms with Crippen LogP contribution in [-0.4, -0.2) is 11.4 Å². The van der Waals surface area contributed by atoms with Crippen LogP contribution in [0.4, 0.5) is 13.2 Å². The van der Waals surface area contributed by atoms with Crippen LogP contribution in [0.2, 0.25) is 0 Å². The standard InChI is InChI=1S/C5H7F3S/c1-3-9-4(2)5(6,7)8/h3-4H,1H2,2H3. The predicted octanol–water partition coefficient (Wildman–Crippen LogP) is 2.81. The van der Waals surface area contributed by atoms with Crippen molar-refractivity contribution >= 4 is 11.8 Å². The van der Waals surface area contributed by atoms with Gasteiger partial charge in [0, 0.05) is 0 Å². The minimum absolute atomic E-state index is 0.677. The highest BCUT2D eigenvalue weighted by molar-refractivity contribution is 8.02. The van der Waals surface area contributed by atoms with E-state index in [-0.39, 0.29) is 0 Å². The molecule has 0 aromatic heterocycles. The molecular formula is C5H7F3S. The molecule has 0 heterocycles. The highest BCUT2D eigenvalue weighted by Crippen LogP contribution is 2.29. The van der Waals surface area contributed by atoms with Crippen LogP contribution in [0.3, 0.4) is 0 Å². The Balaban J connectivity index is 3.72. The van der Waals surface area contributed by atoms with Gasteiger partial charge in [0.15, 0.2) is 0 Å². The molecule has 0 spiro atoms. The molecular weight excluding hydrogens is 149 g/mol. The maximum atomic E-state index is 11.6. The number of rotatable bonds is 2. The molecule has 0 rings (SSSR count). The summed E-state index contributed by atoms with van der Waals surface area (Å²) in [7, 11) is 0. The summed E-state index contributed by atoms with van der Waals surface area (Å²) >= 11 is 0.677. The second-order valence-electron chi connectivity index (χ2n) is 1.49. The fourth-order valence-corrected chi connectivity index (χ4v) is 0.664. The van der Waals surface area contributed by atoms with E-state index in [1.165, 1.54) is 5.41 Å². The van der Waals surface area contributed by atoms with Crippen molar-refractivity contribution < 1.29 is 13.2 Å². The summed E-state index contributed by atoms with van der Waals surface area (Å²) in [6.07, 6.45) is -4.10. The number of halogens is 3. The van der Waals surface area contributed by atoms with Gasteiger partial charge >= 0.3 is 6.18 Å². The van der Waals surface area contributed by atoms with Crippen molar-refractivity contribution in [3.05, 3.63) is 12.0 Å². The molecule has 1 atom stereocenters. The van der Waals surface area contributed by atoms with Crippen molar-refractivity contribution in [1.29, 1.82) is 0 Å². The SMILES string of the molecule is C=CSC(C)C(F)(F)F. The second kappa shape index (κ2) is 3.15. The third kappa shape index (κ3) is 3.46. The van der Waals surface area contributed by atoms with Crippen LogP contribution in [0.5, 0.6) is 0 Å². The average molecular weight is 156 g/mol. The molecule has 0 saturated carbocycles. The van der Waals surface area contributed by atoms with Gasteiger partial charge in [-0.25, -0.2) is 0 Å². The fraction of sp³-hybridized carbons (Fsp3) is 0.600. The Morgan fingerprint density at radius 1 is 1.56 bits per heavy atom. The first kappa shape index (κ1) is 8.88. The second-order valence-corrected chi connectivity index (χ2v) is 2.80. The van der Waals surface area contributed by atoms with Gasteiger partial charge in [0.2, 0.25) is 0 Å². The first-order chi connectivity index (χ1) is 3.98. The number of thioether (sulfide) groups is 1. The lowest BCUT2D eigenvalue weighted by atomic mass is 10.5. The summed E-state index contributed by atoms with van der Waals surface area (Å²) in [6.45, 7) is 4.28. The van der Waals surface area contributed by atoms with Gasteiger partial charge in [-0.1, -0.05) is 6.58 Å². The summed E-state index contributed by atoms with van der Waals surface area (Å²) in [5.41, 5.74) is 0. The van der Waals surface area contributed by atoms with Gasteiger partial charge in [0.05, 0.1) is 0 Å². The third-order valence-electron chi connectivity index (χ3n) is 0.761. The number of hydrogen-bond donors (Lipinski definition) is 0. The van der Waals surface area contributed by atoms with Gasteiger partial charge in [-0.2, -0.15) is 13.2 Å². The molecule has 9 heavy (non-hydrogen) atoms. The molecule has 1 unspecified atom stereocenters. The Hall–Kier alpha value is -0.120. The molecule has 0 bridgehead atoms. The van der Waals surface area contributed by atoms with E-state index in [2.05, 4.69) is 6.58 Å². The van der Waals surface area contributed by atoms with Gasteiger partial charge in [-0.05, 0) is 12.3 Å². The monoisotopic (exact) mass is 156 g/mol. The lowest BCUT2D eigenvalue weighted by molar-refractivity contribution is -0.125. The van der Waals surface area contributed by atoms with E-state index in [9.17, 15) is 13.2 Å². The summed E-state index contributed by atoms with van der Waals surface area (Å²) in [6, 6.07) is 0. The van der Waals surface area contributed by atoms with Gasteiger partial charge in [0.1, 0.15) is 5.25 Å². The first-order valence-electron chi connectivity index (χ1n) is 2.31. The van der Waals surface area contributed by atoms with Crippen LogP contribution in [0, 0.1) is 0 Å². The topological polar surface area (TPSA) is 0 Å². The molecule has 0 saturated heterocycles. The van der Waals surface area contributed by atoms with E-state index in [4.69, 9.17) is 0 Å². The van der Waals surface area contributed by atoms with Crippen LogP contribution in [0.25, 0.3) is 0 Å². The molecule has 0 aromatic rings. The van der Waals surface area contributed by atoms with E-state index in [0.717, 1.165) is 6.92 Å². The Morgan fingerprint density at radius 3 is 2.11 bits per heavy atom. The van der Waals surface area contributed by atoms with Crippen molar-refractivity contribution in [2.45, 2.75) is 18.3 Å². The Bertz CT molecular complexity index is 96.9. The van der Waals surface area contributed by atoms with Crippen molar-refractivity contribution in [1.82, 2.24) is 0 Å². The zero-order chi connectivity index (χ0) is 7.49.